The number of esters is 1. The zero-order chi connectivity index (χ0) is 17.8. The first-order valence-corrected chi connectivity index (χ1v) is 7.77. The number of benzene rings is 3. The predicted octanol–water partition coefficient (Wildman–Crippen LogP) is 4.58. The van der Waals surface area contributed by atoms with Crippen LogP contribution in [0.2, 0.25) is 0 Å². The third-order valence-corrected chi connectivity index (χ3v) is 3.82. The van der Waals surface area contributed by atoms with Gasteiger partial charge in [-0.25, -0.2) is 9.59 Å². The predicted molar refractivity (Wildman–Crippen MR) is 95.0 cm³/mol. The number of aryl methyl sites for hydroxylation is 1. The summed E-state index contributed by atoms with van der Waals surface area (Å²) < 4.78 is 5.53. The minimum absolute atomic E-state index is 0.154. The number of rotatable bonds is 4. The van der Waals surface area contributed by atoms with Gasteiger partial charge < -0.3 is 9.84 Å². The Labute approximate surface area is 145 Å². The normalized spacial score (nSPS) is 10.3. The Hall–Kier alpha value is -3.40. The molecule has 3 aromatic carbocycles. The molecule has 1 N–H and O–H groups in total. The van der Waals surface area contributed by atoms with E-state index < -0.39 is 11.9 Å². The molecular formula is C21H16O4. The molecule has 4 heteroatoms. The molecule has 0 aliphatic carbocycles. The molecule has 0 heterocycles. The van der Waals surface area contributed by atoms with Gasteiger partial charge in [-0.3, -0.25) is 0 Å². The Balaban J connectivity index is 1.98. The van der Waals surface area contributed by atoms with E-state index >= 15 is 0 Å². The van der Waals surface area contributed by atoms with Crippen molar-refractivity contribution in [1.29, 1.82) is 0 Å². The molecule has 0 aliphatic heterocycles. The summed E-state index contributed by atoms with van der Waals surface area (Å²) in [5.41, 5.74) is 2.70. The number of ether oxygens (including phenoxy) is 1. The van der Waals surface area contributed by atoms with E-state index in [0.29, 0.717) is 22.4 Å². The Morgan fingerprint density at radius 3 is 2.08 bits per heavy atom. The zero-order valence-electron chi connectivity index (χ0n) is 13.6. The molecule has 0 fully saturated rings. The van der Waals surface area contributed by atoms with Crippen LogP contribution in [0, 0.1) is 6.92 Å². The van der Waals surface area contributed by atoms with Crippen LogP contribution < -0.4 is 4.74 Å². The zero-order valence-corrected chi connectivity index (χ0v) is 13.6. The first kappa shape index (κ1) is 16.5. The smallest absolute Gasteiger partial charge is 0.343 e. The Bertz CT molecular complexity index is 927. The molecule has 25 heavy (non-hydrogen) atoms. The van der Waals surface area contributed by atoms with Crippen LogP contribution in [0.5, 0.6) is 5.75 Å². The van der Waals surface area contributed by atoms with Gasteiger partial charge in [-0.2, -0.15) is 0 Å². The molecule has 0 spiro atoms. The summed E-state index contributed by atoms with van der Waals surface area (Å²) in [5.74, 6) is -1.20. The van der Waals surface area contributed by atoms with Crippen molar-refractivity contribution in [1.82, 2.24) is 0 Å². The quantitative estimate of drug-likeness (QED) is 0.561. The highest BCUT2D eigenvalue weighted by atomic mass is 16.5. The van der Waals surface area contributed by atoms with E-state index in [4.69, 9.17) is 4.74 Å². The molecule has 0 saturated heterocycles. The van der Waals surface area contributed by atoms with Crippen LogP contribution in [-0.4, -0.2) is 17.0 Å². The summed E-state index contributed by atoms with van der Waals surface area (Å²) in [5, 5.41) is 9.40. The average Bonchev–Trinajstić information content (AvgIpc) is 2.62. The largest absolute Gasteiger partial charge is 0.478 e. The van der Waals surface area contributed by atoms with Crippen LogP contribution in [0.4, 0.5) is 0 Å². The number of carboxylic acid groups (broad SMARTS) is 1. The highest BCUT2D eigenvalue weighted by molar-refractivity contribution is 5.98. The van der Waals surface area contributed by atoms with Crippen molar-refractivity contribution in [3.63, 3.8) is 0 Å². The minimum Gasteiger partial charge on any atom is -0.478 e. The van der Waals surface area contributed by atoms with Gasteiger partial charge in [-0.05, 0) is 36.8 Å². The summed E-state index contributed by atoms with van der Waals surface area (Å²) in [6, 6.07) is 20.6. The average molecular weight is 332 g/mol. The van der Waals surface area contributed by atoms with Gasteiger partial charge in [-0.15, -0.1) is 0 Å². The standard InChI is InChI=1S/C21H16O4/c1-14-10-12-15(13-11-14)21(24)25-19-9-5-4-7-17(19)16-6-2-3-8-18(16)20(22)23/h2-13H,1H3,(H,22,23). The Morgan fingerprint density at radius 1 is 0.800 bits per heavy atom. The number of hydrogen-bond donors (Lipinski definition) is 1. The van der Waals surface area contributed by atoms with Crippen molar-refractivity contribution in [2.75, 3.05) is 0 Å². The van der Waals surface area contributed by atoms with Gasteiger partial charge >= 0.3 is 11.9 Å². The second kappa shape index (κ2) is 7.01. The lowest BCUT2D eigenvalue weighted by atomic mass is 9.99. The molecule has 0 aromatic heterocycles. The summed E-state index contributed by atoms with van der Waals surface area (Å²) in [6.45, 7) is 1.94. The number of carboxylic acids is 1. The van der Waals surface area contributed by atoms with Gasteiger partial charge in [0.05, 0.1) is 11.1 Å². The number of carbonyl (C=O) groups is 2. The van der Waals surface area contributed by atoms with E-state index in [2.05, 4.69) is 0 Å². The molecule has 0 radical (unpaired) electrons. The lowest BCUT2D eigenvalue weighted by Crippen LogP contribution is -2.09. The monoisotopic (exact) mass is 332 g/mol. The van der Waals surface area contributed by atoms with E-state index in [1.807, 2.05) is 19.1 Å². The Morgan fingerprint density at radius 2 is 1.40 bits per heavy atom. The molecular weight excluding hydrogens is 316 g/mol. The van der Waals surface area contributed by atoms with E-state index in [1.165, 1.54) is 6.07 Å². The third-order valence-electron chi connectivity index (χ3n) is 3.82. The molecule has 0 atom stereocenters. The lowest BCUT2D eigenvalue weighted by molar-refractivity contribution is 0.0696. The van der Waals surface area contributed by atoms with Crippen LogP contribution in [0.25, 0.3) is 11.1 Å². The number of para-hydroxylation sites is 1. The van der Waals surface area contributed by atoms with Gasteiger partial charge in [0.15, 0.2) is 0 Å². The fraction of sp³-hybridized carbons (Fsp3) is 0.0476. The SMILES string of the molecule is Cc1ccc(C(=O)Oc2ccccc2-c2ccccc2C(=O)O)cc1. The maximum absolute atomic E-state index is 12.4. The molecule has 124 valence electrons. The van der Waals surface area contributed by atoms with E-state index in [9.17, 15) is 14.7 Å². The first-order chi connectivity index (χ1) is 12.1. The molecule has 0 unspecified atom stereocenters. The minimum atomic E-state index is -1.03. The lowest BCUT2D eigenvalue weighted by Gasteiger charge is -2.12. The topological polar surface area (TPSA) is 63.6 Å². The van der Waals surface area contributed by atoms with Crippen LogP contribution in [-0.2, 0) is 0 Å². The van der Waals surface area contributed by atoms with Crippen LogP contribution in [0.3, 0.4) is 0 Å². The van der Waals surface area contributed by atoms with Gasteiger partial charge in [-0.1, -0.05) is 54.1 Å². The summed E-state index contributed by atoms with van der Waals surface area (Å²) in [4.78, 5) is 23.9. The fourth-order valence-corrected chi connectivity index (χ4v) is 2.53. The van der Waals surface area contributed by atoms with Gasteiger partial charge in [0, 0.05) is 5.56 Å². The maximum Gasteiger partial charge on any atom is 0.343 e. The van der Waals surface area contributed by atoms with Crippen molar-refractivity contribution in [2.24, 2.45) is 0 Å². The van der Waals surface area contributed by atoms with Crippen LogP contribution >= 0.6 is 0 Å². The molecule has 0 aliphatic rings. The highest BCUT2D eigenvalue weighted by Gasteiger charge is 2.17. The third kappa shape index (κ3) is 3.58. The molecule has 4 nitrogen and oxygen atoms in total. The van der Waals surface area contributed by atoms with Crippen molar-refractivity contribution in [2.45, 2.75) is 6.92 Å². The van der Waals surface area contributed by atoms with Crippen LogP contribution in [0.1, 0.15) is 26.3 Å². The van der Waals surface area contributed by atoms with Gasteiger partial charge in [0.1, 0.15) is 5.75 Å². The van der Waals surface area contributed by atoms with E-state index in [-0.39, 0.29) is 5.56 Å². The van der Waals surface area contributed by atoms with Crippen molar-refractivity contribution < 1.29 is 19.4 Å². The summed E-state index contributed by atoms with van der Waals surface area (Å²) in [7, 11) is 0. The molecule has 0 bridgehead atoms. The van der Waals surface area contributed by atoms with Gasteiger partial charge in [0.25, 0.3) is 0 Å². The summed E-state index contributed by atoms with van der Waals surface area (Å²) in [6.07, 6.45) is 0. The highest BCUT2D eigenvalue weighted by Crippen LogP contribution is 2.32. The second-order valence-corrected chi connectivity index (χ2v) is 5.60. The van der Waals surface area contributed by atoms with E-state index in [1.54, 1.807) is 54.6 Å². The van der Waals surface area contributed by atoms with Gasteiger partial charge in [0.2, 0.25) is 0 Å². The molecule has 0 amide bonds. The van der Waals surface area contributed by atoms with Crippen molar-refractivity contribution in [3.05, 3.63) is 89.5 Å². The van der Waals surface area contributed by atoms with Crippen LogP contribution in [0.15, 0.2) is 72.8 Å². The number of carbonyl (C=O) groups excluding carboxylic acids is 1. The van der Waals surface area contributed by atoms with E-state index in [0.717, 1.165) is 5.56 Å². The van der Waals surface area contributed by atoms with Crippen molar-refractivity contribution >= 4 is 11.9 Å². The molecule has 0 saturated carbocycles. The number of aromatic carboxylic acids is 1. The fourth-order valence-electron chi connectivity index (χ4n) is 2.53. The number of hydrogen-bond acceptors (Lipinski definition) is 3. The Kier molecular flexibility index (Phi) is 4.61. The first-order valence-electron chi connectivity index (χ1n) is 7.77. The van der Waals surface area contributed by atoms with Crippen molar-refractivity contribution in [3.8, 4) is 16.9 Å². The molecule has 3 rings (SSSR count). The second-order valence-electron chi connectivity index (χ2n) is 5.60. The molecule has 3 aromatic rings. The maximum atomic E-state index is 12.4. The summed E-state index contributed by atoms with van der Waals surface area (Å²) >= 11 is 0.